The van der Waals surface area contributed by atoms with Crippen LogP contribution in [0.3, 0.4) is 0 Å². The van der Waals surface area contributed by atoms with Gasteiger partial charge < -0.3 is 5.32 Å². The lowest BCUT2D eigenvalue weighted by Crippen LogP contribution is -2.41. The molecular formula is C11H21NO2. The molecule has 0 bridgehead atoms. The van der Waals surface area contributed by atoms with E-state index >= 15 is 0 Å². The van der Waals surface area contributed by atoms with Crippen molar-refractivity contribution in [3.8, 4) is 0 Å². The number of unbranched alkanes of at least 4 members (excludes halogenated alkanes) is 1. The smallest absolute Gasteiger partial charge is 0.223 e. The lowest BCUT2D eigenvalue weighted by molar-refractivity contribution is -0.129. The first kappa shape index (κ1) is 13.1. The number of ketones is 1. The molecule has 3 nitrogen and oxygen atoms in total. The van der Waals surface area contributed by atoms with E-state index in [4.69, 9.17) is 0 Å². The molecule has 3 heteroatoms. The molecule has 0 aromatic heterocycles. The molecule has 0 radical (unpaired) electrons. The fourth-order valence-corrected chi connectivity index (χ4v) is 1.12. The topological polar surface area (TPSA) is 46.2 Å². The molecule has 0 heterocycles. The van der Waals surface area contributed by atoms with Gasteiger partial charge in [0.05, 0.1) is 6.04 Å². The Hall–Kier alpha value is -0.860. The Morgan fingerprint density at radius 3 is 2.21 bits per heavy atom. The van der Waals surface area contributed by atoms with Crippen molar-refractivity contribution >= 4 is 11.7 Å². The summed E-state index contributed by atoms with van der Waals surface area (Å²) in [5.74, 6) is -0.0489. The van der Waals surface area contributed by atoms with E-state index in [1.165, 1.54) is 6.92 Å². The Morgan fingerprint density at radius 1 is 1.29 bits per heavy atom. The third-order valence-electron chi connectivity index (χ3n) is 2.18. The highest BCUT2D eigenvalue weighted by atomic mass is 16.2. The van der Waals surface area contributed by atoms with Crippen LogP contribution in [0.1, 0.15) is 47.0 Å². The van der Waals surface area contributed by atoms with Crippen molar-refractivity contribution < 1.29 is 9.59 Å². The molecule has 0 aromatic rings. The normalized spacial score (nSPS) is 12.6. The third-order valence-corrected chi connectivity index (χ3v) is 2.18. The van der Waals surface area contributed by atoms with Gasteiger partial charge in [-0.1, -0.05) is 33.6 Å². The summed E-state index contributed by atoms with van der Waals surface area (Å²) in [4.78, 5) is 22.6. The third kappa shape index (κ3) is 5.00. The van der Waals surface area contributed by atoms with Crippen LogP contribution in [-0.4, -0.2) is 17.7 Å². The van der Waals surface area contributed by atoms with Crippen LogP contribution in [0.2, 0.25) is 0 Å². The van der Waals surface area contributed by atoms with Crippen LogP contribution >= 0.6 is 0 Å². The van der Waals surface area contributed by atoms with Gasteiger partial charge in [0.2, 0.25) is 5.91 Å². The van der Waals surface area contributed by atoms with E-state index in [9.17, 15) is 9.59 Å². The molecule has 0 fully saturated rings. The highest BCUT2D eigenvalue weighted by molar-refractivity contribution is 5.88. The molecular weight excluding hydrogens is 178 g/mol. The Bertz CT molecular complexity index is 199. The largest absolute Gasteiger partial charge is 0.346 e. The predicted octanol–water partition coefficient (Wildman–Crippen LogP) is 1.91. The summed E-state index contributed by atoms with van der Waals surface area (Å²) >= 11 is 0. The molecule has 1 atom stereocenters. The lowest BCUT2D eigenvalue weighted by atomic mass is 10.1. The molecule has 0 aromatic carbocycles. The second-order valence-electron chi connectivity index (χ2n) is 3.97. The van der Waals surface area contributed by atoms with Crippen molar-refractivity contribution in [2.75, 3.05) is 0 Å². The Balaban J connectivity index is 4.09. The zero-order valence-electron chi connectivity index (χ0n) is 9.59. The first-order valence-electron chi connectivity index (χ1n) is 5.29. The van der Waals surface area contributed by atoms with Gasteiger partial charge in [0.15, 0.2) is 5.78 Å². The van der Waals surface area contributed by atoms with Crippen LogP contribution in [0.5, 0.6) is 0 Å². The number of amides is 1. The van der Waals surface area contributed by atoms with E-state index in [1.807, 2.05) is 13.8 Å². The SMILES string of the molecule is CCCC[C@H](NC(=O)C(C)C)C(C)=O. The quantitative estimate of drug-likeness (QED) is 0.710. The summed E-state index contributed by atoms with van der Waals surface area (Å²) in [6, 6.07) is -0.287. The molecule has 82 valence electrons. The zero-order valence-corrected chi connectivity index (χ0v) is 9.59. The number of carbonyl (C=O) groups is 2. The number of carbonyl (C=O) groups excluding carboxylic acids is 2. The Labute approximate surface area is 86.3 Å². The number of rotatable bonds is 6. The van der Waals surface area contributed by atoms with Crippen molar-refractivity contribution in [1.82, 2.24) is 5.32 Å². The van der Waals surface area contributed by atoms with Gasteiger partial charge in [-0.3, -0.25) is 9.59 Å². The van der Waals surface area contributed by atoms with Crippen molar-refractivity contribution in [2.24, 2.45) is 5.92 Å². The van der Waals surface area contributed by atoms with Gasteiger partial charge in [-0.25, -0.2) is 0 Å². The van der Waals surface area contributed by atoms with Gasteiger partial charge in [0, 0.05) is 5.92 Å². The Morgan fingerprint density at radius 2 is 1.86 bits per heavy atom. The maximum Gasteiger partial charge on any atom is 0.223 e. The van der Waals surface area contributed by atoms with Gasteiger partial charge in [0.1, 0.15) is 0 Å². The lowest BCUT2D eigenvalue weighted by Gasteiger charge is -2.16. The van der Waals surface area contributed by atoms with E-state index in [0.717, 1.165) is 19.3 Å². The molecule has 0 spiro atoms. The number of hydrogen-bond acceptors (Lipinski definition) is 2. The summed E-state index contributed by atoms with van der Waals surface area (Å²) in [5.41, 5.74) is 0. The fraction of sp³-hybridized carbons (Fsp3) is 0.818. The second kappa shape index (κ2) is 6.57. The monoisotopic (exact) mass is 199 g/mol. The summed E-state index contributed by atoms with van der Waals surface area (Å²) in [6.45, 7) is 7.25. The first-order chi connectivity index (χ1) is 6.49. The summed E-state index contributed by atoms with van der Waals surface area (Å²) < 4.78 is 0. The molecule has 14 heavy (non-hydrogen) atoms. The molecule has 0 saturated carbocycles. The molecule has 0 unspecified atom stereocenters. The minimum atomic E-state index is -0.287. The first-order valence-corrected chi connectivity index (χ1v) is 5.29. The van der Waals surface area contributed by atoms with E-state index in [1.54, 1.807) is 0 Å². The standard InChI is InChI=1S/C11H21NO2/c1-5-6-7-10(9(4)13)12-11(14)8(2)3/h8,10H,5-7H2,1-4H3,(H,12,14)/t10-/m0/s1. The van der Waals surface area contributed by atoms with Crippen LogP contribution in [0.25, 0.3) is 0 Å². The second-order valence-corrected chi connectivity index (χ2v) is 3.97. The van der Waals surface area contributed by atoms with Crippen LogP contribution in [-0.2, 0) is 9.59 Å². The van der Waals surface area contributed by atoms with Crippen molar-refractivity contribution in [3.63, 3.8) is 0 Å². The van der Waals surface area contributed by atoms with Gasteiger partial charge >= 0.3 is 0 Å². The van der Waals surface area contributed by atoms with E-state index in [2.05, 4.69) is 12.2 Å². The highest BCUT2D eigenvalue weighted by Gasteiger charge is 2.17. The van der Waals surface area contributed by atoms with E-state index < -0.39 is 0 Å². The zero-order chi connectivity index (χ0) is 11.1. The number of nitrogens with one attached hydrogen (secondary N) is 1. The van der Waals surface area contributed by atoms with E-state index in [-0.39, 0.29) is 23.7 Å². The van der Waals surface area contributed by atoms with Crippen LogP contribution in [0.4, 0.5) is 0 Å². The van der Waals surface area contributed by atoms with Gasteiger partial charge in [-0.2, -0.15) is 0 Å². The molecule has 0 saturated heterocycles. The molecule has 0 rings (SSSR count). The molecule has 1 amide bonds. The fourth-order valence-electron chi connectivity index (χ4n) is 1.12. The summed E-state index contributed by atoms with van der Waals surface area (Å²) in [6.07, 6.45) is 2.77. The maximum atomic E-state index is 11.4. The molecule has 0 aliphatic rings. The van der Waals surface area contributed by atoms with Gasteiger partial charge in [-0.05, 0) is 13.3 Å². The molecule has 0 aliphatic carbocycles. The minimum absolute atomic E-state index is 0.0405. The van der Waals surface area contributed by atoms with Crippen molar-refractivity contribution in [3.05, 3.63) is 0 Å². The molecule has 1 N–H and O–H groups in total. The van der Waals surface area contributed by atoms with Crippen LogP contribution in [0, 0.1) is 5.92 Å². The highest BCUT2D eigenvalue weighted by Crippen LogP contribution is 2.03. The van der Waals surface area contributed by atoms with Crippen LogP contribution in [0.15, 0.2) is 0 Å². The Kier molecular flexibility index (Phi) is 6.17. The van der Waals surface area contributed by atoms with Crippen LogP contribution < -0.4 is 5.32 Å². The average Bonchev–Trinajstić information content (AvgIpc) is 2.10. The maximum absolute atomic E-state index is 11.4. The van der Waals surface area contributed by atoms with E-state index in [0.29, 0.717) is 0 Å². The average molecular weight is 199 g/mol. The van der Waals surface area contributed by atoms with Crippen molar-refractivity contribution in [1.29, 1.82) is 0 Å². The predicted molar refractivity (Wildman–Crippen MR) is 57.0 cm³/mol. The summed E-state index contributed by atoms with van der Waals surface area (Å²) in [7, 11) is 0. The number of hydrogen-bond donors (Lipinski definition) is 1. The van der Waals surface area contributed by atoms with Gasteiger partial charge in [-0.15, -0.1) is 0 Å². The number of Topliss-reactive ketones (excluding diaryl/α,β-unsaturated/α-hetero) is 1. The molecule has 0 aliphatic heterocycles. The minimum Gasteiger partial charge on any atom is -0.346 e. The van der Waals surface area contributed by atoms with Crippen molar-refractivity contribution in [2.45, 2.75) is 53.0 Å². The van der Waals surface area contributed by atoms with Gasteiger partial charge in [0.25, 0.3) is 0 Å². The summed E-state index contributed by atoms with van der Waals surface area (Å²) in [5, 5.41) is 2.76.